The molecule has 0 aromatic heterocycles. The van der Waals surface area contributed by atoms with Gasteiger partial charge in [0.2, 0.25) is 5.75 Å². The smallest absolute Gasteiger partial charge is 0.203 e. The molecule has 0 atom stereocenters. The molecule has 0 aliphatic heterocycles. The molecule has 0 aliphatic rings. The molecule has 3 aromatic carbocycles. The third-order valence-electron chi connectivity index (χ3n) is 6.01. The van der Waals surface area contributed by atoms with E-state index in [2.05, 4.69) is 26.5 Å². The molecule has 3 rings (SSSR count). The van der Waals surface area contributed by atoms with E-state index in [1.165, 1.54) is 5.57 Å². The molecule has 0 amide bonds. The van der Waals surface area contributed by atoms with Gasteiger partial charge >= 0.3 is 0 Å². The Bertz CT molecular complexity index is 1210. The highest BCUT2D eigenvalue weighted by molar-refractivity contribution is 6.19. The fraction of sp³-hybridized carbons (Fsp3) is 0.357. The molecule has 0 bridgehead atoms. The van der Waals surface area contributed by atoms with Crippen molar-refractivity contribution >= 4 is 33.7 Å². The van der Waals surface area contributed by atoms with E-state index in [1.54, 1.807) is 35.5 Å². The van der Waals surface area contributed by atoms with E-state index in [4.69, 9.17) is 23.7 Å². The minimum atomic E-state index is 0.549. The van der Waals surface area contributed by atoms with Crippen molar-refractivity contribution in [3.8, 4) is 28.7 Å². The lowest BCUT2D eigenvalue weighted by Gasteiger charge is -2.21. The zero-order chi connectivity index (χ0) is 24.1. The number of hydrogen-bond donors (Lipinski definition) is 0. The fourth-order valence-corrected chi connectivity index (χ4v) is 4.38. The molecule has 5 nitrogen and oxygen atoms in total. The largest absolute Gasteiger partial charge is 0.493 e. The van der Waals surface area contributed by atoms with Gasteiger partial charge in [0.05, 0.1) is 35.5 Å². The molecule has 0 aliphatic carbocycles. The zero-order valence-electron chi connectivity index (χ0n) is 20.8. The second kappa shape index (κ2) is 10.5. The molecule has 0 unspecified atom stereocenters. The topological polar surface area (TPSA) is 46.2 Å². The highest BCUT2D eigenvalue weighted by Crippen LogP contribution is 2.50. The predicted octanol–water partition coefficient (Wildman–Crippen LogP) is 7.27. The van der Waals surface area contributed by atoms with Gasteiger partial charge in [0.15, 0.2) is 23.0 Å². The maximum absolute atomic E-state index is 5.90. The van der Waals surface area contributed by atoms with Gasteiger partial charge in [-0.25, -0.2) is 0 Å². The molecular formula is C28H34O5. The van der Waals surface area contributed by atoms with Crippen LogP contribution in [0.15, 0.2) is 30.4 Å². The molecule has 0 fully saturated rings. The van der Waals surface area contributed by atoms with Crippen LogP contribution in [0.3, 0.4) is 0 Å². The summed E-state index contributed by atoms with van der Waals surface area (Å²) in [6, 6.07) is 5.99. The normalized spacial score (nSPS) is 11.5. The maximum atomic E-state index is 5.90. The lowest BCUT2D eigenvalue weighted by molar-refractivity contribution is 0.327. The highest BCUT2D eigenvalue weighted by atomic mass is 16.5. The number of hydrogen-bond acceptors (Lipinski definition) is 5. The van der Waals surface area contributed by atoms with Crippen LogP contribution in [0.4, 0.5) is 0 Å². The van der Waals surface area contributed by atoms with Crippen LogP contribution in [0, 0.1) is 0 Å². The molecule has 0 saturated carbocycles. The van der Waals surface area contributed by atoms with Crippen LogP contribution in [0.1, 0.15) is 44.2 Å². The first-order valence-corrected chi connectivity index (χ1v) is 11.1. The maximum Gasteiger partial charge on any atom is 0.203 e. The van der Waals surface area contributed by atoms with Crippen LogP contribution >= 0.6 is 0 Å². The van der Waals surface area contributed by atoms with E-state index in [1.807, 2.05) is 24.3 Å². The number of ether oxygens (including phenoxy) is 5. The van der Waals surface area contributed by atoms with Gasteiger partial charge in [0.25, 0.3) is 0 Å². The van der Waals surface area contributed by atoms with Gasteiger partial charge in [0.1, 0.15) is 0 Å². The molecule has 33 heavy (non-hydrogen) atoms. The van der Waals surface area contributed by atoms with Gasteiger partial charge in [-0.2, -0.15) is 0 Å². The number of rotatable bonds is 10. The minimum absolute atomic E-state index is 0.549. The molecule has 5 heteroatoms. The van der Waals surface area contributed by atoms with Crippen LogP contribution in [-0.2, 0) is 0 Å². The van der Waals surface area contributed by atoms with Crippen molar-refractivity contribution in [2.75, 3.05) is 35.5 Å². The first-order valence-electron chi connectivity index (χ1n) is 11.1. The first kappa shape index (κ1) is 24.3. The first-order chi connectivity index (χ1) is 16.0. The lowest BCUT2D eigenvalue weighted by atomic mass is 9.89. The van der Waals surface area contributed by atoms with Gasteiger partial charge in [-0.15, -0.1) is 0 Å². The second-order valence-electron chi connectivity index (χ2n) is 7.95. The summed E-state index contributed by atoms with van der Waals surface area (Å²) in [4.78, 5) is 0. The Morgan fingerprint density at radius 2 is 1.33 bits per heavy atom. The third kappa shape index (κ3) is 4.32. The van der Waals surface area contributed by atoms with Crippen molar-refractivity contribution in [2.45, 2.75) is 33.1 Å². The Kier molecular flexibility index (Phi) is 7.75. The van der Waals surface area contributed by atoms with E-state index in [-0.39, 0.29) is 0 Å². The van der Waals surface area contributed by atoms with Crippen LogP contribution < -0.4 is 23.7 Å². The Labute approximate surface area is 196 Å². The summed E-state index contributed by atoms with van der Waals surface area (Å²) in [6.07, 6.45) is 7.46. The Hall–Kier alpha value is -3.34. The third-order valence-corrected chi connectivity index (χ3v) is 6.01. The van der Waals surface area contributed by atoms with E-state index < -0.39 is 0 Å². The monoisotopic (exact) mass is 450 g/mol. The standard InChI is InChI=1S/C28H34O5/c1-9-11-12-17(3)13-19-18(10-2)20-14-23(29-4)24(30-5)15-21(20)26-22(19)16-25(31-6)27(32-7)28(26)33-8/h10,13-16H,2,9,11-12H2,1,3-8H3/b17-13+. The summed E-state index contributed by atoms with van der Waals surface area (Å²) in [5, 5.41) is 3.87. The molecule has 176 valence electrons. The summed E-state index contributed by atoms with van der Waals surface area (Å²) in [5.74, 6) is 3.07. The SMILES string of the molecule is C=Cc1c(/C=C(\C)CCCC)c2cc(OC)c(OC)c(OC)c2c2cc(OC)c(OC)cc12. The summed E-state index contributed by atoms with van der Waals surface area (Å²) in [6.45, 7) is 8.52. The number of benzene rings is 3. The summed E-state index contributed by atoms with van der Waals surface area (Å²) in [7, 11) is 8.17. The van der Waals surface area contributed by atoms with Crippen LogP contribution in [-0.4, -0.2) is 35.5 Å². The Balaban J connectivity index is 2.63. The second-order valence-corrected chi connectivity index (χ2v) is 7.95. The molecule has 3 aromatic rings. The predicted molar refractivity (Wildman–Crippen MR) is 137 cm³/mol. The number of methoxy groups -OCH3 is 5. The zero-order valence-corrected chi connectivity index (χ0v) is 20.8. The molecule has 0 radical (unpaired) electrons. The van der Waals surface area contributed by atoms with Crippen LogP contribution in [0.25, 0.3) is 33.7 Å². The molecular weight excluding hydrogens is 416 g/mol. The van der Waals surface area contributed by atoms with Crippen molar-refractivity contribution < 1.29 is 23.7 Å². The fourth-order valence-electron chi connectivity index (χ4n) is 4.38. The van der Waals surface area contributed by atoms with Gasteiger partial charge in [-0.3, -0.25) is 0 Å². The summed E-state index contributed by atoms with van der Waals surface area (Å²) in [5.41, 5.74) is 3.38. The quantitative estimate of drug-likeness (QED) is 0.304. The average molecular weight is 451 g/mol. The summed E-state index contributed by atoms with van der Waals surface area (Å²) < 4.78 is 28.5. The van der Waals surface area contributed by atoms with E-state index in [0.29, 0.717) is 28.7 Å². The van der Waals surface area contributed by atoms with Gasteiger partial charge < -0.3 is 23.7 Å². The van der Waals surface area contributed by atoms with Crippen molar-refractivity contribution in [1.29, 1.82) is 0 Å². The Morgan fingerprint density at radius 1 is 0.758 bits per heavy atom. The van der Waals surface area contributed by atoms with Gasteiger partial charge in [-0.05, 0) is 65.3 Å². The minimum Gasteiger partial charge on any atom is -0.493 e. The summed E-state index contributed by atoms with van der Waals surface area (Å²) >= 11 is 0. The van der Waals surface area contributed by atoms with E-state index >= 15 is 0 Å². The number of unbranched alkanes of at least 4 members (excludes halogenated alkanes) is 1. The van der Waals surface area contributed by atoms with E-state index in [0.717, 1.165) is 51.9 Å². The number of allylic oxidation sites excluding steroid dienone is 1. The van der Waals surface area contributed by atoms with Gasteiger partial charge in [-0.1, -0.05) is 37.6 Å². The van der Waals surface area contributed by atoms with Crippen molar-refractivity contribution in [3.05, 3.63) is 41.5 Å². The Morgan fingerprint density at radius 3 is 1.85 bits per heavy atom. The highest BCUT2D eigenvalue weighted by Gasteiger charge is 2.23. The van der Waals surface area contributed by atoms with Crippen LogP contribution in [0.2, 0.25) is 0 Å². The lowest BCUT2D eigenvalue weighted by Crippen LogP contribution is -2.00. The van der Waals surface area contributed by atoms with Gasteiger partial charge in [0, 0.05) is 5.39 Å². The average Bonchev–Trinajstić information content (AvgIpc) is 2.85. The molecule has 0 spiro atoms. The van der Waals surface area contributed by atoms with Crippen molar-refractivity contribution in [3.63, 3.8) is 0 Å². The molecule has 0 N–H and O–H groups in total. The number of fused-ring (bicyclic) bond motifs is 3. The van der Waals surface area contributed by atoms with Crippen LogP contribution in [0.5, 0.6) is 28.7 Å². The molecule has 0 saturated heterocycles. The molecule has 0 heterocycles. The van der Waals surface area contributed by atoms with Crippen molar-refractivity contribution in [2.24, 2.45) is 0 Å². The van der Waals surface area contributed by atoms with E-state index in [9.17, 15) is 0 Å². The van der Waals surface area contributed by atoms with Crippen molar-refractivity contribution in [1.82, 2.24) is 0 Å².